The van der Waals surface area contributed by atoms with E-state index in [0.717, 1.165) is 28.4 Å². The second kappa shape index (κ2) is 8.44. The number of hydrogen-bond donors (Lipinski definition) is 1. The Balaban J connectivity index is 1.40. The lowest BCUT2D eigenvalue weighted by atomic mass is 10.3. The lowest BCUT2D eigenvalue weighted by Gasteiger charge is -2.34. The SMILES string of the molecule is CCc1nc(CCNC(=O)N2CCN(C(=O)c3cccs3)CC2)cs1. The molecule has 0 bridgehead atoms. The molecule has 0 aromatic carbocycles. The lowest BCUT2D eigenvalue weighted by Crippen LogP contribution is -2.53. The number of carbonyl (C=O) groups excluding carboxylic acids is 2. The molecule has 3 amide bonds. The van der Waals surface area contributed by atoms with Crippen molar-refractivity contribution < 1.29 is 9.59 Å². The number of piperazine rings is 1. The molecule has 0 spiro atoms. The van der Waals surface area contributed by atoms with Crippen LogP contribution in [0.1, 0.15) is 27.3 Å². The number of aromatic nitrogens is 1. The Hall–Kier alpha value is -1.93. The fourth-order valence-electron chi connectivity index (χ4n) is 2.70. The zero-order valence-electron chi connectivity index (χ0n) is 14.2. The molecule has 0 unspecified atom stereocenters. The number of rotatable bonds is 5. The van der Waals surface area contributed by atoms with Crippen molar-refractivity contribution in [2.75, 3.05) is 32.7 Å². The highest BCUT2D eigenvalue weighted by atomic mass is 32.1. The van der Waals surface area contributed by atoms with E-state index < -0.39 is 0 Å². The van der Waals surface area contributed by atoms with Crippen LogP contribution in [-0.2, 0) is 12.8 Å². The molecular weight excluding hydrogens is 356 g/mol. The first-order valence-electron chi connectivity index (χ1n) is 8.46. The minimum absolute atomic E-state index is 0.0605. The van der Waals surface area contributed by atoms with Crippen LogP contribution in [0.2, 0.25) is 0 Å². The van der Waals surface area contributed by atoms with Crippen LogP contribution in [0.3, 0.4) is 0 Å². The third-order valence-corrected chi connectivity index (χ3v) is 6.05. The summed E-state index contributed by atoms with van der Waals surface area (Å²) in [7, 11) is 0. The molecule has 3 rings (SSSR count). The van der Waals surface area contributed by atoms with Gasteiger partial charge in [-0.3, -0.25) is 4.79 Å². The van der Waals surface area contributed by atoms with Crippen molar-refractivity contribution in [3.8, 4) is 0 Å². The van der Waals surface area contributed by atoms with Crippen LogP contribution in [0, 0.1) is 0 Å². The third-order valence-electron chi connectivity index (χ3n) is 4.15. The maximum atomic E-state index is 12.3. The van der Waals surface area contributed by atoms with E-state index in [-0.39, 0.29) is 11.9 Å². The van der Waals surface area contributed by atoms with Crippen molar-refractivity contribution >= 4 is 34.6 Å². The summed E-state index contributed by atoms with van der Waals surface area (Å²) in [6.07, 6.45) is 1.70. The number of urea groups is 1. The largest absolute Gasteiger partial charge is 0.338 e. The number of amides is 3. The van der Waals surface area contributed by atoms with Crippen molar-refractivity contribution in [1.29, 1.82) is 0 Å². The normalized spacial score (nSPS) is 14.6. The van der Waals surface area contributed by atoms with Crippen molar-refractivity contribution in [1.82, 2.24) is 20.1 Å². The summed E-state index contributed by atoms with van der Waals surface area (Å²) >= 11 is 3.12. The molecule has 2 aromatic rings. The Morgan fingerprint density at radius 2 is 1.96 bits per heavy atom. The predicted octanol–water partition coefficient (Wildman–Crippen LogP) is 2.48. The molecule has 8 heteroatoms. The molecule has 6 nitrogen and oxygen atoms in total. The number of thiazole rings is 1. The van der Waals surface area contributed by atoms with Crippen LogP contribution in [0.5, 0.6) is 0 Å². The van der Waals surface area contributed by atoms with E-state index in [1.807, 2.05) is 22.4 Å². The second-order valence-corrected chi connectivity index (χ2v) is 7.71. The number of aryl methyl sites for hydroxylation is 1. The molecule has 1 saturated heterocycles. The maximum Gasteiger partial charge on any atom is 0.317 e. The molecule has 0 aliphatic carbocycles. The lowest BCUT2D eigenvalue weighted by molar-refractivity contribution is 0.0670. The fraction of sp³-hybridized carbons (Fsp3) is 0.471. The van der Waals surface area contributed by atoms with Gasteiger partial charge in [-0.1, -0.05) is 13.0 Å². The summed E-state index contributed by atoms with van der Waals surface area (Å²) in [5.41, 5.74) is 1.04. The van der Waals surface area contributed by atoms with Gasteiger partial charge >= 0.3 is 6.03 Å². The topological polar surface area (TPSA) is 65.5 Å². The summed E-state index contributed by atoms with van der Waals surface area (Å²) in [6, 6.07) is 3.66. The smallest absolute Gasteiger partial charge is 0.317 e. The van der Waals surface area contributed by atoms with Crippen LogP contribution in [0.25, 0.3) is 0 Å². The van der Waals surface area contributed by atoms with Crippen LogP contribution in [-0.4, -0.2) is 59.4 Å². The van der Waals surface area contributed by atoms with E-state index in [9.17, 15) is 9.59 Å². The maximum absolute atomic E-state index is 12.3. The highest BCUT2D eigenvalue weighted by Gasteiger charge is 2.25. The van der Waals surface area contributed by atoms with Crippen LogP contribution in [0.4, 0.5) is 4.79 Å². The summed E-state index contributed by atoms with van der Waals surface area (Å²) in [5.74, 6) is 0.0605. The quantitative estimate of drug-likeness (QED) is 0.869. The molecule has 1 N–H and O–H groups in total. The summed E-state index contributed by atoms with van der Waals surface area (Å²) in [4.78, 5) is 33.4. The molecule has 1 aliphatic rings. The molecular formula is C17H22N4O2S2. The van der Waals surface area contributed by atoms with Gasteiger partial charge in [0.25, 0.3) is 5.91 Å². The van der Waals surface area contributed by atoms with Crippen LogP contribution in [0.15, 0.2) is 22.9 Å². The van der Waals surface area contributed by atoms with E-state index in [1.54, 1.807) is 16.2 Å². The van der Waals surface area contributed by atoms with Gasteiger partial charge < -0.3 is 15.1 Å². The first kappa shape index (κ1) is 17.9. The van der Waals surface area contributed by atoms with Gasteiger partial charge in [0.05, 0.1) is 15.6 Å². The van der Waals surface area contributed by atoms with Crippen molar-refractivity contribution in [3.63, 3.8) is 0 Å². The fourth-order valence-corrected chi connectivity index (χ4v) is 4.17. The van der Waals surface area contributed by atoms with Gasteiger partial charge in [0.2, 0.25) is 0 Å². The Labute approximate surface area is 155 Å². The van der Waals surface area contributed by atoms with Crippen LogP contribution < -0.4 is 5.32 Å². The highest BCUT2D eigenvalue weighted by molar-refractivity contribution is 7.12. The first-order valence-corrected chi connectivity index (χ1v) is 10.2. The zero-order chi connectivity index (χ0) is 17.6. The van der Waals surface area contributed by atoms with Gasteiger partial charge in [-0.15, -0.1) is 22.7 Å². The van der Waals surface area contributed by atoms with Crippen molar-refractivity contribution in [2.45, 2.75) is 19.8 Å². The van der Waals surface area contributed by atoms with E-state index in [1.165, 1.54) is 11.3 Å². The zero-order valence-corrected chi connectivity index (χ0v) is 15.9. The van der Waals surface area contributed by atoms with E-state index in [2.05, 4.69) is 22.6 Å². The molecule has 0 atom stereocenters. The number of hydrogen-bond acceptors (Lipinski definition) is 5. The number of thiophene rings is 1. The standard InChI is InChI=1S/C17H22N4O2S2/c1-2-15-19-13(12-25-15)5-6-18-17(23)21-9-7-20(8-10-21)16(22)14-4-3-11-24-14/h3-4,11-12H,2,5-10H2,1H3,(H,18,23). The first-order chi connectivity index (χ1) is 12.2. The highest BCUT2D eigenvalue weighted by Crippen LogP contribution is 2.14. The molecule has 25 heavy (non-hydrogen) atoms. The molecule has 3 heterocycles. The molecule has 0 saturated carbocycles. The average Bonchev–Trinajstić information content (AvgIpc) is 3.33. The van der Waals surface area contributed by atoms with E-state index in [0.29, 0.717) is 32.7 Å². The number of carbonyl (C=O) groups is 2. The number of nitrogens with zero attached hydrogens (tertiary/aromatic N) is 3. The molecule has 1 fully saturated rings. The van der Waals surface area contributed by atoms with Crippen LogP contribution >= 0.6 is 22.7 Å². The Bertz CT molecular complexity index is 706. The second-order valence-electron chi connectivity index (χ2n) is 5.82. The monoisotopic (exact) mass is 378 g/mol. The van der Waals surface area contributed by atoms with Gasteiger partial charge in [0.15, 0.2) is 0 Å². The number of nitrogens with one attached hydrogen (secondary N) is 1. The van der Waals surface area contributed by atoms with Gasteiger partial charge in [-0.2, -0.15) is 0 Å². The van der Waals surface area contributed by atoms with Gasteiger partial charge in [-0.25, -0.2) is 9.78 Å². The van der Waals surface area contributed by atoms with E-state index in [4.69, 9.17) is 0 Å². The summed E-state index contributed by atoms with van der Waals surface area (Å²) < 4.78 is 0. The van der Waals surface area contributed by atoms with Crippen molar-refractivity contribution in [2.24, 2.45) is 0 Å². The minimum Gasteiger partial charge on any atom is -0.338 e. The summed E-state index contributed by atoms with van der Waals surface area (Å²) in [5, 5.41) is 8.04. The Kier molecular flexibility index (Phi) is 6.04. The third kappa shape index (κ3) is 4.58. The van der Waals surface area contributed by atoms with E-state index >= 15 is 0 Å². The Morgan fingerprint density at radius 1 is 1.20 bits per heavy atom. The molecule has 0 radical (unpaired) electrons. The molecule has 1 aliphatic heterocycles. The predicted molar refractivity (Wildman–Crippen MR) is 100 cm³/mol. The summed E-state index contributed by atoms with van der Waals surface area (Å²) in [6.45, 7) is 4.97. The van der Waals surface area contributed by atoms with Crippen molar-refractivity contribution in [3.05, 3.63) is 38.5 Å². The minimum atomic E-state index is -0.0610. The Morgan fingerprint density at radius 3 is 2.60 bits per heavy atom. The molecule has 2 aromatic heterocycles. The van der Waals surface area contributed by atoms with Gasteiger partial charge in [-0.05, 0) is 17.9 Å². The van der Waals surface area contributed by atoms with Gasteiger partial charge in [0.1, 0.15) is 0 Å². The van der Waals surface area contributed by atoms with Gasteiger partial charge in [0, 0.05) is 44.5 Å². The molecule has 134 valence electrons. The average molecular weight is 379 g/mol.